The molecule has 1 N–H and O–H groups in total. The molecule has 28 heavy (non-hydrogen) atoms. The summed E-state index contributed by atoms with van der Waals surface area (Å²) in [5.74, 6) is -1.11. The second-order valence-electron chi connectivity index (χ2n) is 6.54. The molecule has 1 saturated heterocycles. The molecule has 0 aliphatic carbocycles. The van der Waals surface area contributed by atoms with Crippen molar-refractivity contribution in [3.63, 3.8) is 0 Å². The van der Waals surface area contributed by atoms with Gasteiger partial charge in [-0.1, -0.05) is 23.2 Å². The Morgan fingerprint density at radius 2 is 1.68 bits per heavy atom. The monoisotopic (exact) mass is 446 g/mol. The minimum Gasteiger partial charge on any atom is -0.479 e. The van der Waals surface area contributed by atoms with Crippen LogP contribution in [0.5, 0.6) is 0 Å². The highest BCUT2D eigenvalue weighted by Gasteiger charge is 2.43. The molecule has 1 unspecified atom stereocenters. The summed E-state index contributed by atoms with van der Waals surface area (Å²) in [5, 5.41) is 10.9. The average molecular weight is 447 g/mol. The van der Waals surface area contributed by atoms with Crippen molar-refractivity contribution in [3.05, 3.63) is 47.9 Å². The van der Waals surface area contributed by atoms with E-state index in [1.807, 2.05) is 0 Å². The Morgan fingerprint density at radius 3 is 2.18 bits per heavy atom. The standard InChI is InChI=1S/C16H16Cl2N4O5S/c1-16(12(23)24)4-5-21(27-16)10-7-11(9(18)6-8(10)17)22-13(25)19(2)15(28)20(3)14(22)26/h6-7H,4-5H2,1-3H3,(H,23,24). The number of halogens is 2. The van der Waals surface area contributed by atoms with Crippen LogP contribution in [0.25, 0.3) is 5.69 Å². The molecule has 1 aliphatic heterocycles. The number of aliphatic carboxylic acids is 1. The van der Waals surface area contributed by atoms with Crippen LogP contribution in [0.4, 0.5) is 5.69 Å². The van der Waals surface area contributed by atoms with E-state index in [9.17, 15) is 19.5 Å². The van der Waals surface area contributed by atoms with Crippen molar-refractivity contribution in [2.75, 3.05) is 11.6 Å². The molecule has 12 heteroatoms. The minimum atomic E-state index is -1.41. The van der Waals surface area contributed by atoms with Crippen LogP contribution in [0, 0.1) is 4.77 Å². The zero-order valence-corrected chi connectivity index (χ0v) is 17.4. The molecule has 0 amide bonds. The number of carboxylic acids is 1. The van der Waals surface area contributed by atoms with Crippen molar-refractivity contribution >= 4 is 47.1 Å². The predicted octanol–water partition coefficient (Wildman–Crippen LogP) is 1.90. The fourth-order valence-corrected chi connectivity index (χ4v) is 3.55. The molecular formula is C16H16Cl2N4O5S. The summed E-state index contributed by atoms with van der Waals surface area (Å²) in [6.07, 6.45) is 0.220. The molecule has 1 aromatic heterocycles. The van der Waals surface area contributed by atoms with Gasteiger partial charge in [0.1, 0.15) is 0 Å². The van der Waals surface area contributed by atoms with Gasteiger partial charge < -0.3 is 5.11 Å². The third-order valence-corrected chi connectivity index (χ3v) is 5.77. The Kier molecular flexibility index (Phi) is 5.17. The number of hydrogen-bond acceptors (Lipinski definition) is 6. The Hall–Kier alpha value is -2.14. The molecule has 0 spiro atoms. The molecule has 2 aromatic rings. The zero-order chi connectivity index (χ0) is 21.0. The van der Waals surface area contributed by atoms with E-state index in [-0.39, 0.29) is 39.2 Å². The van der Waals surface area contributed by atoms with E-state index in [0.29, 0.717) is 0 Å². The number of carboxylic acid groups (broad SMARTS) is 1. The Labute approximate surface area is 173 Å². The van der Waals surface area contributed by atoms with Crippen molar-refractivity contribution in [1.29, 1.82) is 0 Å². The number of carbonyl (C=O) groups is 1. The van der Waals surface area contributed by atoms with Gasteiger partial charge in [0.2, 0.25) is 0 Å². The number of aromatic nitrogens is 3. The number of nitrogens with zero attached hydrogens (tertiary/aromatic N) is 4. The van der Waals surface area contributed by atoms with Crippen molar-refractivity contribution in [2.45, 2.75) is 18.9 Å². The van der Waals surface area contributed by atoms with E-state index in [4.69, 9.17) is 40.3 Å². The Balaban J connectivity index is 2.21. The van der Waals surface area contributed by atoms with Crippen LogP contribution >= 0.6 is 35.4 Å². The fourth-order valence-electron chi connectivity index (χ4n) is 2.83. The molecular weight excluding hydrogens is 431 g/mol. The van der Waals surface area contributed by atoms with Crippen LogP contribution in [0.3, 0.4) is 0 Å². The lowest BCUT2D eigenvalue weighted by molar-refractivity contribution is -0.159. The fraction of sp³-hybridized carbons (Fsp3) is 0.375. The summed E-state index contributed by atoms with van der Waals surface area (Å²) in [6.45, 7) is 1.69. The molecule has 2 heterocycles. The van der Waals surface area contributed by atoms with Gasteiger partial charge in [-0.15, -0.1) is 0 Å². The van der Waals surface area contributed by atoms with E-state index >= 15 is 0 Å². The van der Waals surface area contributed by atoms with E-state index in [1.165, 1.54) is 38.2 Å². The van der Waals surface area contributed by atoms with Crippen molar-refractivity contribution in [1.82, 2.24) is 13.7 Å². The first-order valence-corrected chi connectivity index (χ1v) is 9.23. The molecule has 150 valence electrons. The summed E-state index contributed by atoms with van der Waals surface area (Å²) in [7, 11) is 2.88. The molecule has 0 radical (unpaired) electrons. The van der Waals surface area contributed by atoms with Gasteiger partial charge >= 0.3 is 17.3 Å². The minimum absolute atomic E-state index is 0.0525. The van der Waals surface area contributed by atoms with Gasteiger partial charge in [-0.25, -0.2) is 19.0 Å². The van der Waals surface area contributed by atoms with Gasteiger partial charge in [-0.2, -0.15) is 0 Å². The molecule has 1 atom stereocenters. The second kappa shape index (κ2) is 7.03. The maximum Gasteiger partial charge on any atom is 0.338 e. The number of hydroxylamine groups is 1. The maximum absolute atomic E-state index is 12.7. The van der Waals surface area contributed by atoms with Gasteiger partial charge in [0, 0.05) is 27.1 Å². The van der Waals surface area contributed by atoms with Crippen LogP contribution in [0.15, 0.2) is 21.7 Å². The first kappa shape index (κ1) is 20.6. The molecule has 1 aromatic carbocycles. The number of benzene rings is 1. The van der Waals surface area contributed by atoms with Crippen molar-refractivity contribution < 1.29 is 14.7 Å². The zero-order valence-electron chi connectivity index (χ0n) is 15.1. The van der Waals surface area contributed by atoms with Crippen LogP contribution in [0.2, 0.25) is 10.0 Å². The van der Waals surface area contributed by atoms with Gasteiger partial charge in [-0.3, -0.25) is 19.0 Å². The van der Waals surface area contributed by atoms with Gasteiger partial charge in [-0.05, 0) is 31.3 Å². The first-order chi connectivity index (χ1) is 13.0. The normalized spacial score (nSPS) is 19.2. The smallest absolute Gasteiger partial charge is 0.338 e. The van der Waals surface area contributed by atoms with E-state index in [2.05, 4.69) is 0 Å². The van der Waals surface area contributed by atoms with Gasteiger partial charge in [0.15, 0.2) is 10.4 Å². The number of hydrogen-bond donors (Lipinski definition) is 1. The summed E-state index contributed by atoms with van der Waals surface area (Å²) in [4.78, 5) is 42.3. The lowest BCUT2D eigenvalue weighted by Crippen LogP contribution is -2.43. The van der Waals surface area contributed by atoms with Crippen LogP contribution in [-0.2, 0) is 23.7 Å². The van der Waals surface area contributed by atoms with E-state index in [1.54, 1.807) is 0 Å². The van der Waals surface area contributed by atoms with Crippen molar-refractivity contribution in [3.8, 4) is 5.69 Å². The summed E-state index contributed by atoms with van der Waals surface area (Å²) in [6, 6.07) is 2.77. The third kappa shape index (κ3) is 3.16. The lowest BCUT2D eigenvalue weighted by atomic mass is 10.0. The Bertz CT molecular complexity index is 1130. The van der Waals surface area contributed by atoms with E-state index < -0.39 is 22.9 Å². The molecule has 1 fully saturated rings. The quantitative estimate of drug-likeness (QED) is 0.718. The largest absolute Gasteiger partial charge is 0.479 e. The van der Waals surface area contributed by atoms with Gasteiger partial charge in [0.05, 0.1) is 21.4 Å². The van der Waals surface area contributed by atoms with E-state index in [0.717, 1.165) is 13.7 Å². The summed E-state index contributed by atoms with van der Waals surface area (Å²) < 4.78 is 3.19. The lowest BCUT2D eigenvalue weighted by Gasteiger charge is -2.23. The average Bonchev–Trinajstić information content (AvgIpc) is 3.03. The summed E-state index contributed by atoms with van der Waals surface area (Å²) >= 11 is 17.6. The number of rotatable bonds is 3. The van der Waals surface area contributed by atoms with Crippen LogP contribution in [-0.4, -0.2) is 36.9 Å². The van der Waals surface area contributed by atoms with Crippen molar-refractivity contribution in [2.24, 2.45) is 14.1 Å². The Morgan fingerprint density at radius 1 is 1.14 bits per heavy atom. The highest BCUT2D eigenvalue weighted by atomic mass is 35.5. The van der Waals surface area contributed by atoms with Crippen LogP contribution in [0.1, 0.15) is 13.3 Å². The third-order valence-electron chi connectivity index (χ3n) is 4.61. The molecule has 9 nitrogen and oxygen atoms in total. The predicted molar refractivity (Wildman–Crippen MR) is 106 cm³/mol. The highest BCUT2D eigenvalue weighted by Crippen LogP contribution is 2.38. The molecule has 0 saturated carbocycles. The molecule has 1 aliphatic rings. The molecule has 3 rings (SSSR count). The SMILES string of the molecule is Cn1c(=S)n(C)c(=O)n(-c2cc(N3CCC(C)(C(=O)O)O3)c(Cl)cc2Cl)c1=O. The molecule has 0 bridgehead atoms. The number of anilines is 1. The van der Waals surface area contributed by atoms with Gasteiger partial charge in [0.25, 0.3) is 0 Å². The first-order valence-electron chi connectivity index (χ1n) is 8.06. The topological polar surface area (TPSA) is 98.7 Å². The summed E-state index contributed by atoms with van der Waals surface area (Å²) in [5.41, 5.74) is -2.41. The highest BCUT2D eigenvalue weighted by molar-refractivity contribution is 7.71. The second-order valence-corrected chi connectivity index (χ2v) is 7.72. The maximum atomic E-state index is 12.7. The van der Waals surface area contributed by atoms with Crippen LogP contribution < -0.4 is 16.4 Å².